The van der Waals surface area contributed by atoms with Crippen LogP contribution >= 0.6 is 0 Å². The highest BCUT2D eigenvalue weighted by Gasteiger charge is 2.33. The van der Waals surface area contributed by atoms with Crippen LogP contribution in [0.2, 0.25) is 0 Å². The Balaban J connectivity index is 2.05. The van der Waals surface area contributed by atoms with Crippen molar-refractivity contribution in [3.8, 4) is 11.8 Å². The van der Waals surface area contributed by atoms with E-state index in [0.29, 0.717) is 11.3 Å². The molecule has 1 aliphatic heterocycles. The molecular formula is C20H13FN2O. The van der Waals surface area contributed by atoms with Gasteiger partial charge < -0.3 is 10.5 Å². The van der Waals surface area contributed by atoms with Crippen LogP contribution in [0.4, 0.5) is 4.39 Å². The molecule has 4 rings (SSSR count). The fraction of sp³-hybridized carbons (Fsp3) is 0.0500. The quantitative estimate of drug-likeness (QED) is 0.732. The molecule has 0 spiro atoms. The number of hydrogen-bond acceptors (Lipinski definition) is 3. The van der Waals surface area contributed by atoms with E-state index in [1.54, 1.807) is 18.2 Å². The van der Waals surface area contributed by atoms with Crippen LogP contribution < -0.4 is 10.5 Å². The Morgan fingerprint density at radius 3 is 2.50 bits per heavy atom. The summed E-state index contributed by atoms with van der Waals surface area (Å²) in [5.74, 6) is -0.346. The fourth-order valence-electron chi connectivity index (χ4n) is 3.22. The van der Waals surface area contributed by atoms with Crippen LogP contribution in [-0.2, 0) is 0 Å². The van der Waals surface area contributed by atoms with Gasteiger partial charge in [0.15, 0.2) is 0 Å². The Kier molecular flexibility index (Phi) is 3.21. The number of fused-ring (bicyclic) bond motifs is 3. The van der Waals surface area contributed by atoms with E-state index in [-0.39, 0.29) is 17.3 Å². The van der Waals surface area contributed by atoms with E-state index < -0.39 is 5.92 Å². The summed E-state index contributed by atoms with van der Waals surface area (Å²) in [4.78, 5) is 0. The highest BCUT2D eigenvalue weighted by molar-refractivity contribution is 5.90. The van der Waals surface area contributed by atoms with E-state index in [4.69, 9.17) is 10.5 Å². The summed E-state index contributed by atoms with van der Waals surface area (Å²) < 4.78 is 20.2. The summed E-state index contributed by atoms with van der Waals surface area (Å²) in [7, 11) is 0. The first-order chi connectivity index (χ1) is 11.7. The molecule has 24 heavy (non-hydrogen) atoms. The molecule has 0 aromatic heterocycles. The van der Waals surface area contributed by atoms with Crippen molar-refractivity contribution in [1.29, 1.82) is 5.26 Å². The van der Waals surface area contributed by atoms with Gasteiger partial charge in [0.25, 0.3) is 0 Å². The first-order valence-electron chi connectivity index (χ1n) is 7.54. The molecule has 0 bridgehead atoms. The molecule has 4 heteroatoms. The van der Waals surface area contributed by atoms with Gasteiger partial charge in [0.05, 0.1) is 5.92 Å². The van der Waals surface area contributed by atoms with Gasteiger partial charge in [-0.25, -0.2) is 4.39 Å². The van der Waals surface area contributed by atoms with E-state index in [2.05, 4.69) is 6.07 Å². The van der Waals surface area contributed by atoms with Gasteiger partial charge in [0.1, 0.15) is 23.2 Å². The van der Waals surface area contributed by atoms with Crippen molar-refractivity contribution in [3.63, 3.8) is 0 Å². The average Bonchev–Trinajstić information content (AvgIpc) is 2.61. The normalized spacial score (nSPS) is 16.4. The van der Waals surface area contributed by atoms with E-state index in [9.17, 15) is 9.65 Å². The predicted octanol–water partition coefficient (Wildman–Crippen LogP) is 4.20. The van der Waals surface area contributed by atoms with Crippen LogP contribution in [0.25, 0.3) is 10.8 Å². The first-order valence-corrected chi connectivity index (χ1v) is 7.54. The van der Waals surface area contributed by atoms with E-state index in [1.807, 2.05) is 36.4 Å². The third-order valence-electron chi connectivity index (χ3n) is 4.32. The zero-order valence-corrected chi connectivity index (χ0v) is 12.7. The lowest BCUT2D eigenvalue weighted by molar-refractivity contribution is 0.397. The molecule has 0 amide bonds. The average molecular weight is 316 g/mol. The van der Waals surface area contributed by atoms with Crippen molar-refractivity contribution in [2.45, 2.75) is 5.92 Å². The van der Waals surface area contributed by atoms with Crippen LogP contribution in [0.1, 0.15) is 17.0 Å². The van der Waals surface area contributed by atoms with Gasteiger partial charge in [0, 0.05) is 16.5 Å². The summed E-state index contributed by atoms with van der Waals surface area (Å²) >= 11 is 0. The minimum Gasteiger partial charge on any atom is -0.440 e. The summed E-state index contributed by atoms with van der Waals surface area (Å²) in [5.41, 5.74) is 7.36. The lowest BCUT2D eigenvalue weighted by Gasteiger charge is -2.27. The van der Waals surface area contributed by atoms with Crippen LogP contribution in [-0.4, -0.2) is 0 Å². The van der Waals surface area contributed by atoms with E-state index in [1.165, 1.54) is 6.07 Å². The van der Waals surface area contributed by atoms with E-state index >= 15 is 0 Å². The van der Waals surface area contributed by atoms with Gasteiger partial charge >= 0.3 is 0 Å². The second-order valence-corrected chi connectivity index (χ2v) is 5.65. The van der Waals surface area contributed by atoms with E-state index in [0.717, 1.165) is 16.3 Å². The Hall–Kier alpha value is -3.32. The molecule has 1 atom stereocenters. The number of halogens is 1. The third-order valence-corrected chi connectivity index (χ3v) is 4.32. The number of nitrogens with zero attached hydrogens (tertiary/aromatic N) is 1. The van der Waals surface area contributed by atoms with Crippen LogP contribution in [0.5, 0.6) is 5.75 Å². The van der Waals surface area contributed by atoms with Crippen molar-refractivity contribution in [1.82, 2.24) is 0 Å². The van der Waals surface area contributed by atoms with Crippen molar-refractivity contribution < 1.29 is 9.13 Å². The van der Waals surface area contributed by atoms with Gasteiger partial charge in [-0.05, 0) is 11.5 Å². The zero-order chi connectivity index (χ0) is 16.7. The number of ether oxygens (including phenoxy) is 1. The molecule has 1 heterocycles. The molecule has 3 aromatic carbocycles. The number of rotatable bonds is 1. The highest BCUT2D eigenvalue weighted by atomic mass is 19.1. The lowest BCUT2D eigenvalue weighted by atomic mass is 9.82. The summed E-state index contributed by atoms with van der Waals surface area (Å²) in [6.07, 6.45) is 0. The van der Waals surface area contributed by atoms with Crippen LogP contribution in [0, 0.1) is 17.1 Å². The van der Waals surface area contributed by atoms with Crippen molar-refractivity contribution in [3.05, 3.63) is 89.1 Å². The molecule has 1 aliphatic rings. The molecule has 0 saturated carbocycles. The zero-order valence-electron chi connectivity index (χ0n) is 12.7. The van der Waals surface area contributed by atoms with Gasteiger partial charge in [0.2, 0.25) is 5.88 Å². The number of nitriles is 1. The van der Waals surface area contributed by atoms with Crippen LogP contribution in [0.15, 0.2) is 72.1 Å². The Morgan fingerprint density at radius 1 is 0.958 bits per heavy atom. The van der Waals surface area contributed by atoms with Gasteiger partial charge in [-0.1, -0.05) is 54.6 Å². The molecule has 0 unspecified atom stereocenters. The fourth-order valence-corrected chi connectivity index (χ4v) is 3.22. The first kappa shape index (κ1) is 14.3. The minimum atomic E-state index is -0.579. The Morgan fingerprint density at radius 2 is 1.71 bits per heavy atom. The Labute approximate surface area is 138 Å². The number of allylic oxidation sites excluding steroid dienone is 1. The van der Waals surface area contributed by atoms with Crippen molar-refractivity contribution >= 4 is 10.8 Å². The molecule has 3 aromatic rings. The maximum absolute atomic E-state index is 14.4. The summed E-state index contributed by atoms with van der Waals surface area (Å²) in [5, 5.41) is 11.4. The largest absolute Gasteiger partial charge is 0.440 e. The monoisotopic (exact) mass is 316 g/mol. The third kappa shape index (κ3) is 2.03. The highest BCUT2D eigenvalue weighted by Crippen LogP contribution is 2.45. The lowest BCUT2D eigenvalue weighted by Crippen LogP contribution is -2.21. The van der Waals surface area contributed by atoms with Crippen molar-refractivity contribution in [2.24, 2.45) is 5.73 Å². The maximum atomic E-state index is 14.4. The number of benzene rings is 3. The smallest absolute Gasteiger partial charge is 0.205 e. The SMILES string of the molecule is N#CC1=C(N)Oc2c(ccc3ccccc23)[C@H]1c1ccccc1F. The molecule has 0 saturated heterocycles. The minimum absolute atomic E-state index is 0.0228. The van der Waals surface area contributed by atoms with Crippen LogP contribution in [0.3, 0.4) is 0 Å². The molecule has 0 radical (unpaired) electrons. The summed E-state index contributed by atoms with van der Waals surface area (Å²) in [6.45, 7) is 0. The molecule has 0 aliphatic carbocycles. The Bertz CT molecular complexity index is 1030. The predicted molar refractivity (Wildman–Crippen MR) is 89.6 cm³/mol. The van der Waals surface area contributed by atoms with Gasteiger partial charge in [-0.15, -0.1) is 0 Å². The van der Waals surface area contributed by atoms with Gasteiger partial charge in [-0.3, -0.25) is 0 Å². The molecular weight excluding hydrogens is 303 g/mol. The standard InChI is InChI=1S/C20H13FN2O/c21-17-8-4-3-7-14(17)18-15-10-9-12-5-1-2-6-13(12)19(15)24-20(23)16(18)11-22/h1-10,18H,23H2/t18-/m1/s1. The van der Waals surface area contributed by atoms with Gasteiger partial charge in [-0.2, -0.15) is 5.26 Å². The second kappa shape index (κ2) is 5.39. The topological polar surface area (TPSA) is 59.0 Å². The number of hydrogen-bond donors (Lipinski definition) is 1. The van der Waals surface area contributed by atoms with Crippen molar-refractivity contribution in [2.75, 3.05) is 0 Å². The molecule has 2 N–H and O–H groups in total. The molecule has 116 valence electrons. The molecule has 0 fully saturated rings. The maximum Gasteiger partial charge on any atom is 0.205 e. The second-order valence-electron chi connectivity index (χ2n) is 5.65. The summed E-state index contributed by atoms with van der Waals surface area (Å²) in [6, 6.07) is 20.1. The molecule has 3 nitrogen and oxygen atoms in total. The number of nitrogens with two attached hydrogens (primary N) is 1.